The maximum Gasteiger partial charge on any atom is 0.0727 e. The first kappa shape index (κ1) is 28.4. The molecule has 0 radical (unpaired) electrons. The largest absolute Gasteiger partial charge is 0.264 e. The molecule has 0 N–H and O–H groups in total. The molecule has 0 fully saturated rings. The Bertz CT molecular complexity index is 3080. The zero-order chi connectivity index (χ0) is 34.0. The third kappa shape index (κ3) is 3.55. The molecule has 52 heavy (non-hydrogen) atoms. The van der Waals surface area contributed by atoms with Gasteiger partial charge in [-0.05, 0) is 113 Å². The molecule has 8 aromatic carbocycles. The van der Waals surface area contributed by atoms with E-state index < -0.39 is 5.41 Å². The Morgan fingerprint density at radius 1 is 0.365 bits per heavy atom. The molecule has 2 aromatic heterocycles. The molecule has 2 aliphatic carbocycles. The highest BCUT2D eigenvalue weighted by atomic mass is 32.1. The fourth-order valence-corrected chi connectivity index (χ4v) is 10.9. The van der Waals surface area contributed by atoms with Gasteiger partial charge >= 0.3 is 0 Å². The molecule has 0 saturated heterocycles. The van der Waals surface area contributed by atoms with Crippen LogP contribution in [0.2, 0.25) is 0 Å². The van der Waals surface area contributed by atoms with Gasteiger partial charge in [-0.25, -0.2) is 0 Å². The lowest BCUT2D eigenvalue weighted by Gasteiger charge is -2.31. The van der Waals surface area contributed by atoms with Crippen molar-refractivity contribution in [1.29, 1.82) is 0 Å². The first-order valence-electron chi connectivity index (χ1n) is 17.9. The fraction of sp³-hybridized carbons (Fsp3) is 0.0200. The van der Waals surface area contributed by atoms with Crippen LogP contribution in [-0.4, -0.2) is 4.98 Å². The Hall–Kier alpha value is -6.35. The lowest BCUT2D eigenvalue weighted by molar-refractivity contribution is 0.794. The van der Waals surface area contributed by atoms with E-state index in [9.17, 15) is 0 Å². The second-order valence-electron chi connectivity index (χ2n) is 14.2. The number of aromatic nitrogens is 1. The third-order valence-corrected chi connectivity index (χ3v) is 12.9. The Morgan fingerprint density at radius 3 is 1.73 bits per heavy atom. The van der Waals surface area contributed by atoms with Crippen LogP contribution < -0.4 is 0 Å². The average molecular weight is 676 g/mol. The smallest absolute Gasteiger partial charge is 0.0727 e. The number of thiophene rings is 1. The molecule has 0 bridgehead atoms. The zero-order valence-electron chi connectivity index (χ0n) is 28.1. The van der Waals surface area contributed by atoms with E-state index in [0.29, 0.717) is 0 Å². The van der Waals surface area contributed by atoms with E-state index in [1.165, 1.54) is 108 Å². The predicted octanol–water partition coefficient (Wildman–Crippen LogP) is 13.4. The summed E-state index contributed by atoms with van der Waals surface area (Å²) >= 11 is 1.90. The molecule has 0 saturated carbocycles. The molecule has 1 unspecified atom stereocenters. The van der Waals surface area contributed by atoms with E-state index in [-0.39, 0.29) is 0 Å². The summed E-state index contributed by atoms with van der Waals surface area (Å²) in [6, 6.07) is 61.3. The molecule has 0 amide bonds. The summed E-state index contributed by atoms with van der Waals surface area (Å²) in [6.45, 7) is 0. The number of pyridine rings is 1. The van der Waals surface area contributed by atoms with Crippen molar-refractivity contribution in [1.82, 2.24) is 4.98 Å². The van der Waals surface area contributed by atoms with Crippen LogP contribution in [0, 0.1) is 0 Å². The Morgan fingerprint density at radius 2 is 0.962 bits per heavy atom. The maximum absolute atomic E-state index is 4.71. The van der Waals surface area contributed by atoms with Crippen LogP contribution >= 0.6 is 11.3 Å². The van der Waals surface area contributed by atoms with Gasteiger partial charge in [0, 0.05) is 38.1 Å². The molecule has 2 heterocycles. The molecular formula is C50H29NS. The van der Waals surface area contributed by atoms with Gasteiger partial charge in [0.05, 0.1) is 5.41 Å². The molecule has 2 aliphatic rings. The third-order valence-electron chi connectivity index (χ3n) is 11.8. The minimum atomic E-state index is -0.470. The molecule has 12 rings (SSSR count). The summed E-state index contributed by atoms with van der Waals surface area (Å²) in [5.41, 5.74) is 15.1. The molecule has 0 aliphatic heterocycles. The molecule has 240 valence electrons. The quantitative estimate of drug-likeness (QED) is 0.166. The number of nitrogens with zero attached hydrogens (tertiary/aromatic N) is 1. The van der Waals surface area contributed by atoms with Gasteiger partial charge < -0.3 is 0 Å². The molecule has 10 aromatic rings. The maximum atomic E-state index is 4.71. The van der Waals surface area contributed by atoms with Crippen molar-refractivity contribution in [3.8, 4) is 44.5 Å². The second kappa shape index (κ2) is 10.4. The van der Waals surface area contributed by atoms with Gasteiger partial charge in [-0.2, -0.15) is 0 Å². The molecule has 2 heteroatoms. The van der Waals surface area contributed by atoms with Gasteiger partial charge in [-0.1, -0.05) is 133 Å². The summed E-state index contributed by atoms with van der Waals surface area (Å²) in [4.78, 5) is 4.71. The van der Waals surface area contributed by atoms with Crippen LogP contribution in [0.1, 0.15) is 22.3 Å². The lowest BCUT2D eigenvalue weighted by Crippen LogP contribution is -2.26. The Labute approximate surface area is 305 Å². The summed E-state index contributed by atoms with van der Waals surface area (Å²) in [7, 11) is 0. The van der Waals surface area contributed by atoms with Crippen LogP contribution in [-0.2, 0) is 5.41 Å². The summed E-state index contributed by atoms with van der Waals surface area (Å²) in [5.74, 6) is 0. The van der Waals surface area contributed by atoms with Crippen LogP contribution in [0.3, 0.4) is 0 Å². The average Bonchev–Trinajstić information content (AvgIpc) is 3.82. The number of hydrogen-bond donors (Lipinski definition) is 0. The highest BCUT2D eigenvalue weighted by molar-refractivity contribution is 7.25. The van der Waals surface area contributed by atoms with E-state index in [1.807, 2.05) is 17.5 Å². The van der Waals surface area contributed by atoms with Crippen molar-refractivity contribution in [2.45, 2.75) is 5.41 Å². The van der Waals surface area contributed by atoms with Gasteiger partial charge in [-0.15, -0.1) is 11.3 Å². The van der Waals surface area contributed by atoms with Gasteiger partial charge in [-0.3, -0.25) is 4.98 Å². The molecule has 1 atom stereocenters. The monoisotopic (exact) mass is 675 g/mol. The van der Waals surface area contributed by atoms with Crippen LogP contribution in [0.25, 0.3) is 86.2 Å². The minimum absolute atomic E-state index is 0.470. The number of hydrogen-bond acceptors (Lipinski definition) is 2. The summed E-state index contributed by atoms with van der Waals surface area (Å²) in [5, 5.41) is 7.74. The fourth-order valence-electron chi connectivity index (χ4n) is 9.76. The summed E-state index contributed by atoms with van der Waals surface area (Å²) in [6.07, 6.45) is 4.07. The van der Waals surface area contributed by atoms with E-state index in [0.717, 1.165) is 0 Å². The van der Waals surface area contributed by atoms with Crippen molar-refractivity contribution in [2.75, 3.05) is 0 Å². The van der Waals surface area contributed by atoms with Gasteiger partial charge in [0.1, 0.15) is 0 Å². The minimum Gasteiger partial charge on any atom is -0.264 e. The normalized spacial score (nSPS) is 15.4. The van der Waals surface area contributed by atoms with E-state index in [2.05, 4.69) is 170 Å². The first-order valence-corrected chi connectivity index (χ1v) is 18.8. The van der Waals surface area contributed by atoms with Crippen molar-refractivity contribution in [3.63, 3.8) is 0 Å². The highest BCUT2D eigenvalue weighted by Crippen LogP contribution is 2.64. The highest BCUT2D eigenvalue weighted by Gasteiger charge is 2.52. The Kier molecular flexibility index (Phi) is 5.65. The predicted molar refractivity (Wildman–Crippen MR) is 219 cm³/mol. The van der Waals surface area contributed by atoms with Gasteiger partial charge in [0.25, 0.3) is 0 Å². The van der Waals surface area contributed by atoms with E-state index in [4.69, 9.17) is 4.98 Å². The van der Waals surface area contributed by atoms with Crippen LogP contribution in [0.15, 0.2) is 176 Å². The molecular weight excluding hydrogens is 647 g/mol. The zero-order valence-corrected chi connectivity index (χ0v) is 28.9. The lowest BCUT2D eigenvalue weighted by atomic mass is 9.70. The Balaban J connectivity index is 1.21. The number of fused-ring (bicyclic) bond motifs is 15. The topological polar surface area (TPSA) is 12.9 Å². The SMILES string of the molecule is c1ccc(-c2c3ccccc3c(-c3ccc4c(c3)C3(c5ccccc5-c5cc6sc7ccccc7c6cc53)c3ccncc3-4)c3ccccc23)cc1. The van der Waals surface area contributed by atoms with Crippen LogP contribution in [0.5, 0.6) is 0 Å². The van der Waals surface area contributed by atoms with Crippen molar-refractivity contribution in [2.24, 2.45) is 0 Å². The van der Waals surface area contributed by atoms with Gasteiger partial charge in [0.2, 0.25) is 0 Å². The number of rotatable bonds is 2. The van der Waals surface area contributed by atoms with Crippen molar-refractivity contribution >= 4 is 53.1 Å². The second-order valence-corrected chi connectivity index (χ2v) is 15.3. The number of benzene rings is 8. The van der Waals surface area contributed by atoms with Crippen molar-refractivity contribution in [3.05, 3.63) is 198 Å². The first-order chi connectivity index (χ1) is 25.8. The van der Waals surface area contributed by atoms with Crippen LogP contribution in [0.4, 0.5) is 0 Å². The summed E-state index contributed by atoms with van der Waals surface area (Å²) < 4.78 is 2.67. The van der Waals surface area contributed by atoms with Crippen molar-refractivity contribution < 1.29 is 0 Å². The van der Waals surface area contributed by atoms with E-state index >= 15 is 0 Å². The van der Waals surface area contributed by atoms with E-state index in [1.54, 1.807) is 0 Å². The molecule has 1 nitrogen and oxygen atoms in total. The van der Waals surface area contributed by atoms with Gasteiger partial charge in [0.15, 0.2) is 0 Å². The molecule has 1 spiro atoms. The standard InChI is InChI=1S/C50H29NS/c1-2-12-30(13-3-1)48-35-16-4-6-18-37(35)49(38-19-7-5-17-36(38)48)31-22-23-33-41-29-51-25-24-43(41)50(44(33)26-31)42-20-10-8-14-32(42)39-28-47-40(27-45(39)50)34-15-9-11-21-46(34)52-47/h1-29H.